The summed E-state index contributed by atoms with van der Waals surface area (Å²) in [5, 5.41) is 0.237. The number of halogens is 4. The van der Waals surface area contributed by atoms with Crippen LogP contribution in [0.1, 0.15) is 25.5 Å². The van der Waals surface area contributed by atoms with E-state index in [4.69, 9.17) is 11.6 Å². The first-order valence-electron chi connectivity index (χ1n) is 8.06. The first-order valence-corrected chi connectivity index (χ1v) is 9.88. The van der Waals surface area contributed by atoms with Crippen molar-refractivity contribution in [1.29, 1.82) is 0 Å². The monoisotopic (exact) mass is 422 g/mol. The molecule has 148 valence electrons. The van der Waals surface area contributed by atoms with Crippen LogP contribution in [-0.4, -0.2) is 30.0 Å². The van der Waals surface area contributed by atoms with E-state index in [1.807, 2.05) is 0 Å². The van der Waals surface area contributed by atoms with Gasteiger partial charge in [0.05, 0.1) is 4.90 Å². The van der Waals surface area contributed by atoms with Crippen molar-refractivity contribution in [1.82, 2.24) is 8.87 Å². The van der Waals surface area contributed by atoms with Gasteiger partial charge in [-0.05, 0) is 30.7 Å². The molecule has 0 radical (unpaired) electrons. The van der Waals surface area contributed by atoms with Gasteiger partial charge in [0.25, 0.3) is 5.56 Å². The number of hydrogen-bond donors (Lipinski definition) is 0. The van der Waals surface area contributed by atoms with Crippen LogP contribution in [0.25, 0.3) is 0 Å². The van der Waals surface area contributed by atoms with E-state index >= 15 is 0 Å². The lowest BCUT2D eigenvalue weighted by atomic mass is 10.1. The number of benzene rings is 1. The summed E-state index contributed by atoms with van der Waals surface area (Å²) >= 11 is 5.73. The Labute approximate surface area is 160 Å². The summed E-state index contributed by atoms with van der Waals surface area (Å²) in [6.45, 7) is 2.72. The van der Waals surface area contributed by atoms with Crippen LogP contribution in [0.4, 0.5) is 13.2 Å². The van der Waals surface area contributed by atoms with E-state index in [1.54, 1.807) is 6.92 Å². The average Bonchev–Trinajstić information content (AvgIpc) is 2.59. The Kier molecular flexibility index (Phi) is 6.39. The third-order valence-corrected chi connectivity index (χ3v) is 6.17. The van der Waals surface area contributed by atoms with Gasteiger partial charge in [0.1, 0.15) is 6.04 Å². The highest BCUT2D eigenvalue weighted by Crippen LogP contribution is 2.40. The summed E-state index contributed by atoms with van der Waals surface area (Å²) in [7, 11) is -4.52. The molecule has 0 saturated heterocycles. The van der Waals surface area contributed by atoms with Gasteiger partial charge < -0.3 is 4.57 Å². The fourth-order valence-electron chi connectivity index (χ4n) is 2.70. The Hall–Kier alpha value is -1.84. The molecule has 1 atom stereocenters. The van der Waals surface area contributed by atoms with Crippen LogP contribution in [0.2, 0.25) is 5.02 Å². The Morgan fingerprint density at radius 1 is 1.11 bits per heavy atom. The van der Waals surface area contributed by atoms with E-state index in [2.05, 4.69) is 0 Å². The summed E-state index contributed by atoms with van der Waals surface area (Å²) in [5.74, 6) is 0. The molecule has 0 aliphatic rings. The lowest BCUT2D eigenvalue weighted by molar-refractivity contribution is -0.173. The highest BCUT2D eigenvalue weighted by molar-refractivity contribution is 7.89. The minimum Gasteiger partial charge on any atom is -0.314 e. The van der Waals surface area contributed by atoms with Crippen LogP contribution in [0.3, 0.4) is 0 Å². The van der Waals surface area contributed by atoms with Crippen LogP contribution in [0.15, 0.2) is 52.3 Å². The maximum Gasteiger partial charge on any atom is 0.409 e. The highest BCUT2D eigenvalue weighted by Gasteiger charge is 2.48. The molecule has 0 fully saturated rings. The maximum atomic E-state index is 13.8. The van der Waals surface area contributed by atoms with E-state index < -0.39 is 34.3 Å². The molecule has 0 aliphatic heterocycles. The van der Waals surface area contributed by atoms with E-state index in [0.29, 0.717) is 4.31 Å². The predicted molar refractivity (Wildman–Crippen MR) is 96.2 cm³/mol. The summed E-state index contributed by atoms with van der Waals surface area (Å²) in [6.07, 6.45) is -3.80. The summed E-state index contributed by atoms with van der Waals surface area (Å²) in [5.41, 5.74) is -0.689. The molecule has 10 heteroatoms. The van der Waals surface area contributed by atoms with Crippen molar-refractivity contribution in [3.05, 3.63) is 63.5 Å². The van der Waals surface area contributed by atoms with Gasteiger partial charge in [-0.25, -0.2) is 8.42 Å². The molecule has 0 bridgehead atoms. The summed E-state index contributed by atoms with van der Waals surface area (Å²) in [4.78, 5) is 11.3. The quantitative estimate of drug-likeness (QED) is 0.710. The standard InChI is InChI=1S/C17H18ClF3N2O3S/c1-3-22-11-14(9-10-15(22)24)27(25,26)23(4-2)16(17(19,20)21)12-5-7-13(18)8-6-12/h5-11,16H,3-4H2,1-2H3. The van der Waals surface area contributed by atoms with Crippen LogP contribution < -0.4 is 5.56 Å². The molecule has 1 aromatic heterocycles. The lowest BCUT2D eigenvalue weighted by Crippen LogP contribution is -2.42. The zero-order valence-corrected chi connectivity index (χ0v) is 16.1. The smallest absolute Gasteiger partial charge is 0.314 e. The topological polar surface area (TPSA) is 59.4 Å². The van der Waals surface area contributed by atoms with Crippen LogP contribution in [-0.2, 0) is 16.6 Å². The van der Waals surface area contributed by atoms with Gasteiger partial charge >= 0.3 is 6.18 Å². The number of aromatic nitrogens is 1. The zero-order valence-electron chi connectivity index (χ0n) is 14.6. The molecule has 2 rings (SSSR count). The molecule has 1 unspecified atom stereocenters. The highest BCUT2D eigenvalue weighted by atomic mass is 35.5. The van der Waals surface area contributed by atoms with Crippen LogP contribution in [0.5, 0.6) is 0 Å². The molecule has 27 heavy (non-hydrogen) atoms. The molecule has 5 nitrogen and oxygen atoms in total. The Bertz CT molecular complexity index is 957. The second kappa shape index (κ2) is 8.04. The van der Waals surface area contributed by atoms with Crippen molar-refractivity contribution < 1.29 is 21.6 Å². The fraction of sp³-hybridized carbons (Fsp3) is 0.353. The van der Waals surface area contributed by atoms with Crippen molar-refractivity contribution in [2.75, 3.05) is 6.54 Å². The van der Waals surface area contributed by atoms with Gasteiger partial charge in [0.2, 0.25) is 10.0 Å². The first kappa shape index (κ1) is 21.5. The van der Waals surface area contributed by atoms with Crippen molar-refractivity contribution >= 4 is 21.6 Å². The van der Waals surface area contributed by atoms with E-state index in [1.165, 1.54) is 19.1 Å². The number of pyridine rings is 1. The van der Waals surface area contributed by atoms with Gasteiger partial charge in [-0.3, -0.25) is 4.79 Å². The molecule has 0 aliphatic carbocycles. The molecule has 0 N–H and O–H groups in total. The van der Waals surface area contributed by atoms with Gasteiger partial charge in [0.15, 0.2) is 0 Å². The molecule has 0 saturated carbocycles. The number of nitrogens with zero attached hydrogens (tertiary/aromatic N) is 2. The largest absolute Gasteiger partial charge is 0.409 e. The Morgan fingerprint density at radius 3 is 2.19 bits per heavy atom. The lowest BCUT2D eigenvalue weighted by Gasteiger charge is -2.32. The zero-order chi connectivity index (χ0) is 20.4. The minimum absolute atomic E-state index is 0.189. The van der Waals surface area contributed by atoms with Gasteiger partial charge in [0, 0.05) is 30.4 Å². The molecule has 2 aromatic rings. The molecule has 1 aromatic carbocycles. The molecule has 0 spiro atoms. The Balaban J connectivity index is 2.62. The van der Waals surface area contributed by atoms with Crippen LogP contribution >= 0.6 is 11.6 Å². The normalized spacial score (nSPS) is 13.7. The molecular weight excluding hydrogens is 405 g/mol. The van der Waals surface area contributed by atoms with E-state index in [0.717, 1.165) is 35.0 Å². The maximum absolute atomic E-state index is 13.8. The fourth-order valence-corrected chi connectivity index (χ4v) is 4.46. The van der Waals surface area contributed by atoms with Crippen molar-refractivity contribution in [2.45, 2.75) is 37.5 Å². The van der Waals surface area contributed by atoms with Gasteiger partial charge in [-0.2, -0.15) is 17.5 Å². The summed E-state index contributed by atoms with van der Waals surface area (Å²) in [6, 6.07) is 4.49. The SMILES string of the molecule is CCN(C(c1ccc(Cl)cc1)C(F)(F)F)S(=O)(=O)c1ccc(=O)n(CC)c1. The molecular formula is C17H18ClF3N2O3S. The number of sulfonamides is 1. The van der Waals surface area contributed by atoms with Crippen molar-refractivity contribution in [2.24, 2.45) is 0 Å². The number of aryl methyl sites for hydroxylation is 1. The van der Waals surface area contributed by atoms with Crippen LogP contribution in [0, 0.1) is 0 Å². The predicted octanol–water partition coefficient (Wildman–Crippen LogP) is 3.84. The summed E-state index contributed by atoms with van der Waals surface area (Å²) < 4.78 is 68.8. The van der Waals surface area contributed by atoms with Crippen molar-refractivity contribution in [3.8, 4) is 0 Å². The second-order valence-electron chi connectivity index (χ2n) is 5.69. The molecule has 0 amide bonds. The number of rotatable bonds is 6. The van der Waals surface area contributed by atoms with E-state index in [-0.39, 0.29) is 22.0 Å². The van der Waals surface area contributed by atoms with Gasteiger partial charge in [-0.15, -0.1) is 0 Å². The number of hydrogen-bond acceptors (Lipinski definition) is 3. The average molecular weight is 423 g/mol. The third-order valence-electron chi connectivity index (χ3n) is 4.00. The minimum atomic E-state index is -4.85. The van der Waals surface area contributed by atoms with Gasteiger partial charge in [-0.1, -0.05) is 30.7 Å². The Morgan fingerprint density at radius 2 is 1.70 bits per heavy atom. The molecule has 1 heterocycles. The third kappa shape index (κ3) is 4.53. The second-order valence-corrected chi connectivity index (χ2v) is 8.02. The number of alkyl halides is 3. The first-order chi connectivity index (χ1) is 12.5. The van der Waals surface area contributed by atoms with E-state index in [9.17, 15) is 26.4 Å². The van der Waals surface area contributed by atoms with Crippen molar-refractivity contribution in [3.63, 3.8) is 0 Å².